The van der Waals surface area contributed by atoms with Gasteiger partial charge in [-0.2, -0.15) is 0 Å². The average Bonchev–Trinajstić information content (AvgIpc) is 2.91. The Morgan fingerprint density at radius 1 is 1.23 bits per heavy atom. The molecule has 1 aliphatic rings. The van der Waals surface area contributed by atoms with E-state index in [1.807, 2.05) is 0 Å². The fourth-order valence-electron chi connectivity index (χ4n) is 2.42. The summed E-state index contributed by atoms with van der Waals surface area (Å²) < 4.78 is 0. The number of hydrogen-bond acceptors (Lipinski definition) is 3. The first-order valence-corrected chi connectivity index (χ1v) is 7.29. The van der Waals surface area contributed by atoms with Crippen LogP contribution >= 0.6 is 11.6 Å². The standard InChI is InChI=1S/C16H14ClN3O2/c17-12-4-6-13(7-5-12)20-10-11(9-15(20)21)16(22)19-14-3-1-2-8-18-14/h1-8,11H,9-10H2,(H,18,19,22). The lowest BCUT2D eigenvalue weighted by Gasteiger charge is -2.16. The third-order valence-electron chi connectivity index (χ3n) is 3.55. The van der Waals surface area contributed by atoms with Crippen molar-refractivity contribution in [1.29, 1.82) is 0 Å². The Morgan fingerprint density at radius 2 is 2.00 bits per heavy atom. The summed E-state index contributed by atoms with van der Waals surface area (Å²) in [5.41, 5.74) is 0.752. The molecule has 0 saturated carbocycles. The number of anilines is 2. The van der Waals surface area contributed by atoms with Crippen LogP contribution in [-0.2, 0) is 9.59 Å². The van der Waals surface area contributed by atoms with Gasteiger partial charge in [-0.3, -0.25) is 9.59 Å². The number of rotatable bonds is 3. The van der Waals surface area contributed by atoms with Crippen LogP contribution in [0.25, 0.3) is 0 Å². The molecule has 112 valence electrons. The second kappa shape index (κ2) is 6.15. The Morgan fingerprint density at radius 3 is 2.68 bits per heavy atom. The molecule has 22 heavy (non-hydrogen) atoms. The number of carbonyl (C=O) groups is 2. The number of halogens is 1. The fourth-order valence-corrected chi connectivity index (χ4v) is 2.54. The third kappa shape index (κ3) is 3.09. The molecule has 0 aliphatic carbocycles. The van der Waals surface area contributed by atoms with Gasteiger partial charge >= 0.3 is 0 Å². The van der Waals surface area contributed by atoms with Crippen molar-refractivity contribution in [1.82, 2.24) is 4.98 Å². The molecule has 1 aromatic carbocycles. The number of pyridine rings is 1. The van der Waals surface area contributed by atoms with Gasteiger partial charge in [-0.25, -0.2) is 4.98 Å². The zero-order valence-corrected chi connectivity index (χ0v) is 12.5. The molecule has 3 rings (SSSR count). The topological polar surface area (TPSA) is 62.3 Å². The van der Waals surface area contributed by atoms with Gasteiger partial charge in [-0.05, 0) is 36.4 Å². The fraction of sp³-hybridized carbons (Fsp3) is 0.188. The van der Waals surface area contributed by atoms with Crippen LogP contribution in [0.1, 0.15) is 6.42 Å². The van der Waals surface area contributed by atoms with E-state index < -0.39 is 0 Å². The lowest BCUT2D eigenvalue weighted by atomic mass is 10.1. The van der Waals surface area contributed by atoms with Gasteiger partial charge in [0.15, 0.2) is 0 Å². The van der Waals surface area contributed by atoms with Gasteiger partial charge < -0.3 is 10.2 Å². The van der Waals surface area contributed by atoms with E-state index in [4.69, 9.17) is 11.6 Å². The highest BCUT2D eigenvalue weighted by Gasteiger charge is 2.35. The second-order valence-corrected chi connectivity index (χ2v) is 5.52. The van der Waals surface area contributed by atoms with E-state index in [1.54, 1.807) is 53.6 Å². The molecule has 1 fully saturated rings. The van der Waals surface area contributed by atoms with Crippen molar-refractivity contribution in [3.8, 4) is 0 Å². The van der Waals surface area contributed by atoms with Gasteiger partial charge in [0.05, 0.1) is 5.92 Å². The zero-order valence-electron chi connectivity index (χ0n) is 11.7. The van der Waals surface area contributed by atoms with Gasteiger partial charge in [0.25, 0.3) is 0 Å². The summed E-state index contributed by atoms with van der Waals surface area (Å²) in [5, 5.41) is 3.35. The molecule has 1 aromatic heterocycles. The predicted molar refractivity (Wildman–Crippen MR) is 84.8 cm³/mol. The monoisotopic (exact) mass is 315 g/mol. The van der Waals surface area contributed by atoms with Crippen LogP contribution in [-0.4, -0.2) is 23.3 Å². The highest BCUT2D eigenvalue weighted by Crippen LogP contribution is 2.26. The quantitative estimate of drug-likeness (QED) is 0.947. The minimum atomic E-state index is -0.384. The molecule has 2 amide bonds. The van der Waals surface area contributed by atoms with Crippen LogP contribution in [0.5, 0.6) is 0 Å². The summed E-state index contributed by atoms with van der Waals surface area (Å²) >= 11 is 5.85. The lowest BCUT2D eigenvalue weighted by molar-refractivity contribution is -0.122. The molecule has 1 N–H and O–H groups in total. The molecule has 5 nitrogen and oxygen atoms in total. The van der Waals surface area contributed by atoms with Crippen LogP contribution in [0.2, 0.25) is 5.02 Å². The maximum Gasteiger partial charge on any atom is 0.230 e. The van der Waals surface area contributed by atoms with Crippen molar-refractivity contribution in [3.05, 3.63) is 53.7 Å². The van der Waals surface area contributed by atoms with E-state index in [2.05, 4.69) is 10.3 Å². The molecular weight excluding hydrogens is 302 g/mol. The summed E-state index contributed by atoms with van der Waals surface area (Å²) in [5.74, 6) is -0.151. The Balaban J connectivity index is 1.69. The van der Waals surface area contributed by atoms with E-state index in [0.717, 1.165) is 5.69 Å². The Kier molecular flexibility index (Phi) is 4.06. The predicted octanol–water partition coefficient (Wildman–Crippen LogP) is 2.73. The molecule has 2 heterocycles. The van der Waals surface area contributed by atoms with E-state index in [-0.39, 0.29) is 24.2 Å². The van der Waals surface area contributed by atoms with Gasteiger partial charge in [0.2, 0.25) is 11.8 Å². The summed E-state index contributed by atoms with van der Waals surface area (Å²) in [6, 6.07) is 12.3. The van der Waals surface area contributed by atoms with Gasteiger partial charge in [-0.15, -0.1) is 0 Å². The Labute approximate surface area is 132 Å². The number of aromatic nitrogens is 1. The highest BCUT2D eigenvalue weighted by atomic mass is 35.5. The smallest absolute Gasteiger partial charge is 0.230 e. The molecule has 1 atom stereocenters. The second-order valence-electron chi connectivity index (χ2n) is 5.09. The summed E-state index contributed by atoms with van der Waals surface area (Å²) in [6.45, 7) is 0.360. The molecule has 0 bridgehead atoms. The van der Waals surface area contributed by atoms with Crippen LogP contribution in [0, 0.1) is 5.92 Å². The summed E-state index contributed by atoms with van der Waals surface area (Å²) in [4.78, 5) is 30.0. The molecule has 0 radical (unpaired) electrons. The number of carbonyl (C=O) groups excluding carboxylic acids is 2. The Hall–Kier alpha value is -2.40. The van der Waals surface area contributed by atoms with Gasteiger partial charge in [-0.1, -0.05) is 17.7 Å². The molecule has 2 aromatic rings. The van der Waals surface area contributed by atoms with Crippen molar-refractivity contribution in [2.45, 2.75) is 6.42 Å². The molecule has 1 saturated heterocycles. The average molecular weight is 316 g/mol. The van der Waals surface area contributed by atoms with Crippen molar-refractivity contribution in [3.63, 3.8) is 0 Å². The van der Waals surface area contributed by atoms with E-state index in [1.165, 1.54) is 0 Å². The summed E-state index contributed by atoms with van der Waals surface area (Å²) in [7, 11) is 0. The third-order valence-corrected chi connectivity index (χ3v) is 3.80. The SMILES string of the molecule is O=C(Nc1ccccn1)C1CC(=O)N(c2ccc(Cl)cc2)C1. The van der Waals surface area contributed by atoms with Crippen molar-refractivity contribution < 1.29 is 9.59 Å². The minimum absolute atomic E-state index is 0.0662. The Bertz CT molecular complexity index is 688. The van der Waals surface area contributed by atoms with Crippen LogP contribution < -0.4 is 10.2 Å². The molecule has 1 aliphatic heterocycles. The highest BCUT2D eigenvalue weighted by molar-refractivity contribution is 6.30. The first-order valence-electron chi connectivity index (χ1n) is 6.91. The van der Waals surface area contributed by atoms with Gasteiger partial charge in [0.1, 0.15) is 5.82 Å². The van der Waals surface area contributed by atoms with E-state index >= 15 is 0 Å². The maximum atomic E-state index is 12.2. The van der Waals surface area contributed by atoms with Crippen molar-refractivity contribution in [2.75, 3.05) is 16.8 Å². The summed E-state index contributed by atoms with van der Waals surface area (Å²) in [6.07, 6.45) is 1.80. The molecule has 1 unspecified atom stereocenters. The number of nitrogens with one attached hydrogen (secondary N) is 1. The van der Waals surface area contributed by atoms with E-state index in [9.17, 15) is 9.59 Å². The van der Waals surface area contributed by atoms with Crippen LogP contribution in [0.3, 0.4) is 0 Å². The normalized spacial score (nSPS) is 17.6. The first-order chi connectivity index (χ1) is 10.6. The minimum Gasteiger partial charge on any atom is -0.312 e. The van der Waals surface area contributed by atoms with Crippen LogP contribution in [0.15, 0.2) is 48.7 Å². The number of amides is 2. The van der Waals surface area contributed by atoms with Crippen molar-refractivity contribution in [2.24, 2.45) is 5.92 Å². The molecular formula is C16H14ClN3O2. The largest absolute Gasteiger partial charge is 0.312 e. The first kappa shape index (κ1) is 14.5. The zero-order chi connectivity index (χ0) is 15.5. The van der Waals surface area contributed by atoms with Gasteiger partial charge in [0, 0.05) is 29.9 Å². The lowest BCUT2D eigenvalue weighted by Crippen LogP contribution is -2.28. The maximum absolute atomic E-state index is 12.2. The molecule has 6 heteroatoms. The van der Waals surface area contributed by atoms with Crippen LogP contribution in [0.4, 0.5) is 11.5 Å². The number of benzene rings is 1. The number of nitrogens with zero attached hydrogens (tertiary/aromatic N) is 2. The number of hydrogen-bond donors (Lipinski definition) is 1. The van der Waals surface area contributed by atoms with Crippen molar-refractivity contribution >= 4 is 34.9 Å². The molecule has 0 spiro atoms. The van der Waals surface area contributed by atoms with E-state index in [0.29, 0.717) is 17.4 Å².